The Balaban J connectivity index is 0.000000561. The summed E-state index contributed by atoms with van der Waals surface area (Å²) in [5, 5.41) is 10.4. The van der Waals surface area contributed by atoms with Gasteiger partial charge in [0.2, 0.25) is 0 Å². The first-order chi connectivity index (χ1) is 10.3. The second kappa shape index (κ2) is 7.58. The first kappa shape index (κ1) is 19.8. The van der Waals surface area contributed by atoms with Crippen LogP contribution in [-0.2, 0) is 18.9 Å². The van der Waals surface area contributed by atoms with Crippen LogP contribution < -0.4 is 0 Å². The van der Waals surface area contributed by atoms with E-state index < -0.39 is 11.9 Å². The molecule has 0 aromatic heterocycles. The van der Waals surface area contributed by atoms with Crippen molar-refractivity contribution in [1.29, 1.82) is 0 Å². The molecule has 22 heavy (non-hydrogen) atoms. The summed E-state index contributed by atoms with van der Waals surface area (Å²) in [6.45, 7) is 16.2. The van der Waals surface area contributed by atoms with Crippen LogP contribution in [0.5, 0.6) is 0 Å². The predicted octanol–water partition coefficient (Wildman–Crippen LogP) is 3.09. The average molecular weight is 318 g/mol. The summed E-state index contributed by atoms with van der Waals surface area (Å²) in [4.78, 5) is 0. The Hall–Kier alpha value is -0.200. The molecule has 3 aliphatic heterocycles. The van der Waals surface area contributed by atoms with Crippen molar-refractivity contribution < 1.29 is 24.1 Å². The van der Waals surface area contributed by atoms with Gasteiger partial charge in [0.1, 0.15) is 12.2 Å². The Kier molecular flexibility index (Phi) is 6.84. The van der Waals surface area contributed by atoms with Crippen molar-refractivity contribution in [2.24, 2.45) is 5.92 Å². The molecule has 3 aliphatic rings. The molecule has 1 N–H and O–H groups in total. The van der Waals surface area contributed by atoms with Crippen molar-refractivity contribution in [3.05, 3.63) is 0 Å². The van der Waals surface area contributed by atoms with Gasteiger partial charge >= 0.3 is 0 Å². The molecule has 3 heterocycles. The van der Waals surface area contributed by atoms with Crippen LogP contribution in [0.4, 0.5) is 0 Å². The maximum atomic E-state index is 10.4. The van der Waals surface area contributed by atoms with Gasteiger partial charge in [0, 0.05) is 5.92 Å². The van der Waals surface area contributed by atoms with E-state index in [1.807, 2.05) is 55.4 Å². The molecule has 3 rings (SSSR count). The fourth-order valence-corrected chi connectivity index (χ4v) is 3.19. The quantitative estimate of drug-likeness (QED) is 0.805. The van der Waals surface area contributed by atoms with E-state index in [2.05, 4.69) is 0 Å². The Morgan fingerprint density at radius 3 is 2.00 bits per heavy atom. The number of aliphatic hydroxyl groups is 1. The SMILES string of the molecule is CC.CC.CC1(C)C[C@H]2C(OC(C3COC(C)(C)O3)[C@H]2O)O1. The molecule has 5 nitrogen and oxygen atoms in total. The Morgan fingerprint density at radius 1 is 0.955 bits per heavy atom. The van der Waals surface area contributed by atoms with E-state index in [0.29, 0.717) is 6.61 Å². The number of hydrogen-bond acceptors (Lipinski definition) is 5. The van der Waals surface area contributed by atoms with E-state index in [1.165, 1.54) is 0 Å². The van der Waals surface area contributed by atoms with Gasteiger partial charge in [0.15, 0.2) is 12.1 Å². The minimum atomic E-state index is -0.592. The van der Waals surface area contributed by atoms with Crippen LogP contribution in [0.2, 0.25) is 0 Å². The number of fused-ring (bicyclic) bond motifs is 1. The Labute approximate surface area is 135 Å². The average Bonchev–Trinajstić information content (AvgIpc) is 3.07. The van der Waals surface area contributed by atoms with Gasteiger partial charge < -0.3 is 24.1 Å². The first-order valence-electron chi connectivity index (χ1n) is 8.61. The predicted molar refractivity (Wildman–Crippen MR) is 85.5 cm³/mol. The normalized spacial score (nSPS) is 41.0. The highest BCUT2D eigenvalue weighted by atomic mass is 16.8. The lowest BCUT2D eigenvalue weighted by Gasteiger charge is -2.26. The molecule has 3 unspecified atom stereocenters. The monoisotopic (exact) mass is 318 g/mol. The lowest BCUT2D eigenvalue weighted by atomic mass is 9.91. The molecule has 3 saturated heterocycles. The van der Waals surface area contributed by atoms with Crippen molar-refractivity contribution in [3.63, 3.8) is 0 Å². The van der Waals surface area contributed by atoms with Gasteiger partial charge in [-0.3, -0.25) is 0 Å². The molecule has 0 aromatic rings. The van der Waals surface area contributed by atoms with E-state index >= 15 is 0 Å². The van der Waals surface area contributed by atoms with Crippen molar-refractivity contribution in [3.8, 4) is 0 Å². The summed E-state index contributed by atoms with van der Waals surface area (Å²) in [7, 11) is 0. The molecule has 3 fully saturated rings. The largest absolute Gasteiger partial charge is 0.390 e. The van der Waals surface area contributed by atoms with Gasteiger partial charge in [-0.05, 0) is 34.1 Å². The van der Waals surface area contributed by atoms with Crippen molar-refractivity contribution in [1.82, 2.24) is 0 Å². The second-order valence-corrected chi connectivity index (χ2v) is 6.57. The summed E-state index contributed by atoms with van der Waals surface area (Å²) < 4.78 is 22.9. The van der Waals surface area contributed by atoms with Crippen LogP contribution in [0.1, 0.15) is 61.8 Å². The molecule has 0 aliphatic carbocycles. The minimum Gasteiger partial charge on any atom is -0.390 e. The molecule has 132 valence electrons. The van der Waals surface area contributed by atoms with E-state index in [9.17, 15) is 5.11 Å². The third-order valence-electron chi connectivity index (χ3n) is 3.98. The van der Waals surface area contributed by atoms with Gasteiger partial charge in [0.05, 0.1) is 18.3 Å². The van der Waals surface area contributed by atoms with E-state index in [4.69, 9.17) is 18.9 Å². The summed E-state index contributed by atoms with van der Waals surface area (Å²) in [5.74, 6) is -0.553. The van der Waals surface area contributed by atoms with Crippen molar-refractivity contribution in [2.45, 2.75) is 97.8 Å². The first-order valence-corrected chi connectivity index (χ1v) is 8.61. The molecular formula is C17H34O5. The molecule has 0 bridgehead atoms. The zero-order valence-electron chi connectivity index (χ0n) is 15.4. The van der Waals surface area contributed by atoms with E-state index in [0.717, 1.165) is 6.42 Å². The molecule has 0 aromatic carbocycles. The van der Waals surface area contributed by atoms with Crippen LogP contribution in [-0.4, -0.2) is 47.7 Å². The summed E-state index contributed by atoms with van der Waals surface area (Å²) in [5.41, 5.74) is -0.215. The van der Waals surface area contributed by atoms with Gasteiger partial charge in [-0.25, -0.2) is 0 Å². The third-order valence-corrected chi connectivity index (χ3v) is 3.98. The van der Waals surface area contributed by atoms with Crippen molar-refractivity contribution >= 4 is 0 Å². The van der Waals surface area contributed by atoms with E-state index in [-0.39, 0.29) is 30.0 Å². The van der Waals surface area contributed by atoms with Crippen LogP contribution in [0.15, 0.2) is 0 Å². The fourth-order valence-electron chi connectivity index (χ4n) is 3.19. The van der Waals surface area contributed by atoms with Crippen LogP contribution >= 0.6 is 0 Å². The fraction of sp³-hybridized carbons (Fsp3) is 1.00. The number of ether oxygens (including phenoxy) is 4. The highest BCUT2D eigenvalue weighted by Gasteiger charge is 2.56. The number of hydrogen-bond donors (Lipinski definition) is 1. The summed E-state index contributed by atoms with van der Waals surface area (Å²) in [6, 6.07) is 0. The molecule has 5 heteroatoms. The molecular weight excluding hydrogens is 284 g/mol. The minimum absolute atomic E-state index is 0.0392. The maximum absolute atomic E-state index is 10.4. The molecule has 0 saturated carbocycles. The zero-order valence-corrected chi connectivity index (χ0v) is 15.4. The van der Waals surface area contributed by atoms with Crippen LogP contribution in [0.25, 0.3) is 0 Å². The van der Waals surface area contributed by atoms with Gasteiger partial charge in [-0.1, -0.05) is 27.7 Å². The third kappa shape index (κ3) is 4.20. The van der Waals surface area contributed by atoms with E-state index in [1.54, 1.807) is 0 Å². The van der Waals surface area contributed by atoms with Gasteiger partial charge in [-0.15, -0.1) is 0 Å². The standard InChI is InChI=1S/C13H22O5.2C2H6/c1-12(2)5-7-9(14)10(16-11(7)18-12)8-6-15-13(3,4)17-8;2*1-2/h7-11,14H,5-6H2,1-4H3;2*1-2H3/t7-,8?,9+,10?,11?;;/m1../s1. The van der Waals surface area contributed by atoms with Crippen LogP contribution in [0.3, 0.4) is 0 Å². The van der Waals surface area contributed by atoms with Crippen LogP contribution in [0, 0.1) is 5.92 Å². The lowest BCUT2D eigenvalue weighted by molar-refractivity contribution is -0.199. The smallest absolute Gasteiger partial charge is 0.164 e. The topological polar surface area (TPSA) is 57.2 Å². The second-order valence-electron chi connectivity index (χ2n) is 6.57. The Bertz CT molecular complexity index is 342. The van der Waals surface area contributed by atoms with Crippen molar-refractivity contribution in [2.75, 3.05) is 6.61 Å². The molecule has 0 radical (unpaired) electrons. The molecule has 5 atom stereocenters. The Morgan fingerprint density at radius 2 is 1.55 bits per heavy atom. The van der Waals surface area contributed by atoms with Gasteiger partial charge in [-0.2, -0.15) is 0 Å². The summed E-state index contributed by atoms with van der Waals surface area (Å²) >= 11 is 0. The number of aliphatic hydroxyl groups excluding tert-OH is 1. The van der Waals surface area contributed by atoms with Gasteiger partial charge in [0.25, 0.3) is 0 Å². The molecule has 0 amide bonds. The number of rotatable bonds is 1. The zero-order chi connectivity index (χ0) is 17.1. The molecule has 0 spiro atoms. The lowest BCUT2D eigenvalue weighted by Crippen LogP contribution is -2.40. The summed E-state index contributed by atoms with van der Waals surface area (Å²) in [6.07, 6.45) is -0.608. The maximum Gasteiger partial charge on any atom is 0.164 e. The highest BCUT2D eigenvalue weighted by molar-refractivity contribution is 4.99. The highest BCUT2D eigenvalue weighted by Crippen LogP contribution is 2.45.